The summed E-state index contributed by atoms with van der Waals surface area (Å²) >= 11 is 0. The summed E-state index contributed by atoms with van der Waals surface area (Å²) in [6.07, 6.45) is -2.94. The summed E-state index contributed by atoms with van der Waals surface area (Å²) in [5.74, 6) is -6.22. The van der Waals surface area contributed by atoms with Crippen molar-refractivity contribution in [3.63, 3.8) is 0 Å². The molecule has 74 valence electrons. The van der Waals surface area contributed by atoms with Crippen molar-refractivity contribution in [2.75, 3.05) is 0 Å². The van der Waals surface area contributed by atoms with E-state index in [0.717, 1.165) is 0 Å². The minimum absolute atomic E-state index is 0. The van der Waals surface area contributed by atoms with Gasteiger partial charge in [0.05, 0.1) is 0 Å². The Kier molecular flexibility index (Phi) is 27.5. The van der Waals surface area contributed by atoms with Crippen molar-refractivity contribution in [1.82, 2.24) is 0 Å². The minimum atomic E-state index is -3.22. The summed E-state index contributed by atoms with van der Waals surface area (Å²) in [6, 6.07) is 0. The first-order valence-corrected chi connectivity index (χ1v) is 3.09. The van der Waals surface area contributed by atoms with E-state index in [1.165, 1.54) is 0 Å². The molecule has 0 N–H and O–H groups in total. The van der Waals surface area contributed by atoms with Crippen molar-refractivity contribution in [2.24, 2.45) is 0 Å². The maximum absolute atomic E-state index is 10.9. The van der Waals surface area contributed by atoms with Crippen molar-refractivity contribution < 1.29 is 153 Å². The van der Waals surface area contributed by atoms with Crippen LogP contribution in [0, 0.1) is 0 Å². The van der Waals surface area contributed by atoms with E-state index in [-0.39, 0.29) is 118 Å². The van der Waals surface area contributed by atoms with Crippen molar-refractivity contribution in [2.45, 2.75) is 18.4 Å². The summed E-state index contributed by atoms with van der Waals surface area (Å²) in [6.45, 7) is 0. The van der Waals surface area contributed by atoms with E-state index < -0.39 is 36.4 Å². The van der Waals surface area contributed by atoms with E-state index in [1.807, 2.05) is 0 Å². The molecule has 0 saturated heterocycles. The molecule has 0 aliphatic rings. The Labute approximate surface area is 186 Å². The van der Waals surface area contributed by atoms with Crippen LogP contribution in [-0.2, 0) is 14.4 Å². The van der Waals surface area contributed by atoms with Gasteiger partial charge in [0.2, 0.25) is 0 Å². The average Bonchev–Trinajstić information content (AvgIpc) is 1.82. The number of aliphatic carboxylic acids is 3. The number of carbonyl (C=O) groups excluding carboxylic acids is 3. The van der Waals surface area contributed by atoms with Gasteiger partial charge in [0, 0.05) is 17.9 Å². The summed E-state index contributed by atoms with van der Waals surface area (Å²) in [5, 5.41) is 40.8. The normalized spacial score (nSPS) is 8.29. The van der Waals surface area contributed by atoms with Gasteiger partial charge < -0.3 is 34.8 Å². The first-order chi connectivity index (χ1) is 5.78. The molecule has 0 saturated carbocycles. The molecule has 0 aromatic rings. The first kappa shape index (κ1) is 31.7. The van der Waals surface area contributed by atoms with E-state index in [9.17, 15) is 34.8 Å². The maximum atomic E-state index is 10.9. The molecule has 0 aliphatic carbocycles. The second-order valence-corrected chi connectivity index (χ2v) is 2.38. The summed E-state index contributed by atoms with van der Waals surface area (Å²) < 4.78 is 0. The first-order valence-electron chi connectivity index (χ1n) is 3.09. The Morgan fingerprint density at radius 2 is 1.00 bits per heavy atom. The number of carbonyl (C=O) groups is 3. The average molecular weight is 280 g/mol. The van der Waals surface area contributed by atoms with Gasteiger partial charge in [-0.25, -0.2) is 0 Å². The van der Waals surface area contributed by atoms with Gasteiger partial charge in [-0.1, -0.05) is 5.60 Å². The van der Waals surface area contributed by atoms with Crippen LogP contribution >= 0.6 is 0 Å². The number of rotatable bonds is 5. The van der Waals surface area contributed by atoms with E-state index in [4.69, 9.17) is 0 Å². The Morgan fingerprint density at radius 3 is 1.12 bits per heavy atom. The van der Waals surface area contributed by atoms with Crippen LogP contribution in [0.2, 0.25) is 0 Å². The largest absolute Gasteiger partial charge is 1.00 e. The van der Waals surface area contributed by atoms with Crippen LogP contribution in [0.15, 0.2) is 0 Å². The SMILES string of the molecule is O=C([O-])CC([O-])(CC(=O)[O-])C(=O)[O-].[Na+].[Na+].[Na+].[Na+]. The third-order valence-corrected chi connectivity index (χ3v) is 1.23. The van der Waals surface area contributed by atoms with Crippen LogP contribution in [0.4, 0.5) is 0 Å². The fourth-order valence-electron chi connectivity index (χ4n) is 0.673. The Balaban J connectivity index is -0.000000120. The predicted molar refractivity (Wildman–Crippen MR) is 27.0 cm³/mol. The van der Waals surface area contributed by atoms with Gasteiger partial charge in [-0.3, -0.25) is 0 Å². The molecule has 0 rings (SSSR count). The maximum Gasteiger partial charge on any atom is 1.00 e. The van der Waals surface area contributed by atoms with Crippen molar-refractivity contribution >= 4 is 17.9 Å². The van der Waals surface area contributed by atoms with Crippen LogP contribution in [0.3, 0.4) is 0 Å². The third-order valence-electron chi connectivity index (χ3n) is 1.23. The number of hydrogen-bond donors (Lipinski definition) is 0. The Hall–Kier alpha value is 2.37. The van der Waals surface area contributed by atoms with Gasteiger partial charge in [-0.2, -0.15) is 0 Å². The molecule has 0 spiro atoms. The molecule has 0 radical (unpaired) electrons. The number of carboxylic acids is 3. The molecular formula is C6H4Na4O7. The molecule has 0 bridgehead atoms. The van der Waals surface area contributed by atoms with E-state index in [1.54, 1.807) is 0 Å². The zero-order chi connectivity index (χ0) is 10.6. The van der Waals surface area contributed by atoms with Gasteiger partial charge in [-0.15, -0.1) is 0 Å². The summed E-state index contributed by atoms with van der Waals surface area (Å²) in [4.78, 5) is 29.9. The van der Waals surface area contributed by atoms with Gasteiger partial charge in [-0.05, 0) is 12.8 Å². The van der Waals surface area contributed by atoms with Crippen molar-refractivity contribution in [1.29, 1.82) is 0 Å². The van der Waals surface area contributed by atoms with Gasteiger partial charge in [0.1, 0.15) is 0 Å². The van der Waals surface area contributed by atoms with Crippen LogP contribution in [0.25, 0.3) is 0 Å². The van der Waals surface area contributed by atoms with Gasteiger partial charge >= 0.3 is 118 Å². The summed E-state index contributed by atoms with van der Waals surface area (Å²) in [7, 11) is 0. The molecule has 0 amide bonds. The van der Waals surface area contributed by atoms with Crippen LogP contribution < -0.4 is 139 Å². The molecule has 0 heterocycles. The standard InChI is InChI=1S/C6H7O7.4Na/c7-3(8)1-6(13,5(11)12)2-4(9)10;;;;/h1-2H2,(H,7,8)(H,9,10)(H,11,12);;;;/q-1;4*+1/p-3. The van der Waals surface area contributed by atoms with Crippen molar-refractivity contribution in [3.05, 3.63) is 0 Å². The molecule has 0 fully saturated rings. The molecule has 0 unspecified atom stereocenters. The molecular weight excluding hydrogens is 276 g/mol. The molecule has 0 aromatic carbocycles. The fraction of sp³-hybridized carbons (Fsp3) is 0.500. The van der Waals surface area contributed by atoms with E-state index in [0.29, 0.717) is 0 Å². The third kappa shape index (κ3) is 14.6. The number of carboxylic acid groups (broad SMARTS) is 3. The van der Waals surface area contributed by atoms with Crippen LogP contribution in [0.1, 0.15) is 12.8 Å². The molecule has 0 aromatic heterocycles. The monoisotopic (exact) mass is 280 g/mol. The van der Waals surface area contributed by atoms with E-state index in [2.05, 4.69) is 0 Å². The van der Waals surface area contributed by atoms with Gasteiger partial charge in [0.25, 0.3) is 0 Å². The van der Waals surface area contributed by atoms with Crippen LogP contribution in [0.5, 0.6) is 0 Å². The van der Waals surface area contributed by atoms with Gasteiger partial charge in [0.15, 0.2) is 0 Å². The molecule has 0 aliphatic heterocycles. The molecule has 17 heavy (non-hydrogen) atoms. The van der Waals surface area contributed by atoms with Crippen LogP contribution in [-0.4, -0.2) is 23.5 Å². The molecule has 7 nitrogen and oxygen atoms in total. The zero-order valence-electron chi connectivity index (χ0n) is 10.3. The second-order valence-electron chi connectivity index (χ2n) is 2.38. The fourth-order valence-corrected chi connectivity index (χ4v) is 0.673. The van der Waals surface area contributed by atoms with Crippen molar-refractivity contribution in [3.8, 4) is 0 Å². The number of hydrogen-bond acceptors (Lipinski definition) is 7. The smallest absolute Gasteiger partial charge is 0.845 e. The topological polar surface area (TPSA) is 143 Å². The minimum Gasteiger partial charge on any atom is -0.845 e. The Morgan fingerprint density at radius 1 is 0.765 bits per heavy atom. The molecule has 0 atom stereocenters. The predicted octanol–water partition coefficient (Wildman–Crippen LogP) is -17.9. The second kappa shape index (κ2) is 14.8. The zero-order valence-corrected chi connectivity index (χ0v) is 18.3. The van der Waals surface area contributed by atoms with E-state index >= 15 is 0 Å². The Bertz CT molecular complexity index is 241. The molecule has 11 heteroatoms. The summed E-state index contributed by atoms with van der Waals surface area (Å²) in [5.41, 5.74) is -3.22. The quantitative estimate of drug-likeness (QED) is 0.454.